The predicted octanol–water partition coefficient (Wildman–Crippen LogP) is 4.66. The molecule has 0 aliphatic carbocycles. The summed E-state index contributed by atoms with van der Waals surface area (Å²) in [5.74, 6) is -0.361. The molecule has 3 aromatic carbocycles. The molecule has 3 rings (SSSR count). The minimum Gasteiger partial charge on any atom is -0.322 e. The first-order valence-electron chi connectivity index (χ1n) is 8.83. The van der Waals surface area contributed by atoms with Gasteiger partial charge in [-0.25, -0.2) is 8.42 Å². The lowest BCUT2D eigenvalue weighted by molar-refractivity contribution is 0.102. The van der Waals surface area contributed by atoms with Crippen molar-refractivity contribution in [3.63, 3.8) is 0 Å². The van der Waals surface area contributed by atoms with Crippen LogP contribution in [-0.2, 0) is 10.0 Å². The molecule has 0 saturated heterocycles. The molecule has 0 atom stereocenters. The molecule has 3 aromatic rings. The van der Waals surface area contributed by atoms with Gasteiger partial charge in [0.1, 0.15) is 0 Å². The minimum atomic E-state index is -3.81. The van der Waals surface area contributed by atoms with Crippen LogP contribution in [0, 0.1) is 20.8 Å². The number of amides is 1. The van der Waals surface area contributed by atoms with E-state index in [1.807, 2.05) is 51.1 Å². The van der Waals surface area contributed by atoms with E-state index in [0.29, 0.717) is 11.4 Å². The first-order valence-corrected chi connectivity index (χ1v) is 10.3. The van der Waals surface area contributed by atoms with E-state index in [-0.39, 0.29) is 16.4 Å². The molecule has 0 heterocycles. The molecular weight excluding hydrogens is 372 g/mol. The Labute approximate surface area is 165 Å². The van der Waals surface area contributed by atoms with Crippen LogP contribution >= 0.6 is 0 Å². The Morgan fingerprint density at radius 3 is 2.25 bits per heavy atom. The molecule has 0 radical (unpaired) electrons. The Bertz CT molecular complexity index is 1140. The molecule has 0 aliphatic rings. The second kappa shape index (κ2) is 7.86. The van der Waals surface area contributed by atoms with Crippen LogP contribution in [0.1, 0.15) is 27.0 Å². The van der Waals surface area contributed by atoms with Crippen molar-refractivity contribution in [2.75, 3.05) is 10.0 Å². The van der Waals surface area contributed by atoms with Crippen molar-refractivity contribution in [1.29, 1.82) is 0 Å². The van der Waals surface area contributed by atoms with Crippen molar-refractivity contribution in [2.24, 2.45) is 0 Å². The van der Waals surface area contributed by atoms with Gasteiger partial charge >= 0.3 is 0 Å². The number of anilines is 2. The van der Waals surface area contributed by atoms with Crippen LogP contribution < -0.4 is 10.0 Å². The van der Waals surface area contributed by atoms with Gasteiger partial charge in [-0.3, -0.25) is 9.52 Å². The second-order valence-corrected chi connectivity index (χ2v) is 8.40. The molecular formula is C22H22N2O3S. The van der Waals surface area contributed by atoms with Crippen molar-refractivity contribution in [3.05, 3.63) is 89.0 Å². The molecule has 0 bridgehead atoms. The van der Waals surface area contributed by atoms with E-state index < -0.39 is 10.0 Å². The maximum absolute atomic E-state index is 12.7. The smallest absolute Gasteiger partial charge is 0.261 e. The normalized spacial score (nSPS) is 11.1. The van der Waals surface area contributed by atoms with Crippen molar-refractivity contribution >= 4 is 27.3 Å². The standard InChI is InChI=1S/C22H22N2O3S/c1-15-11-12-20(17(3)13-15)23-22(25)18-8-6-9-19(14-18)28(26,27)24-21-10-5-4-7-16(21)2/h4-14,24H,1-3H3,(H,23,25). The molecule has 2 N–H and O–H groups in total. The van der Waals surface area contributed by atoms with E-state index in [2.05, 4.69) is 10.0 Å². The predicted molar refractivity (Wildman–Crippen MR) is 112 cm³/mol. The molecule has 0 fully saturated rings. The Morgan fingerprint density at radius 2 is 1.54 bits per heavy atom. The first-order chi connectivity index (χ1) is 13.3. The second-order valence-electron chi connectivity index (χ2n) is 6.72. The van der Waals surface area contributed by atoms with E-state index in [1.165, 1.54) is 12.1 Å². The number of aryl methyl sites for hydroxylation is 3. The summed E-state index contributed by atoms with van der Waals surface area (Å²) in [6, 6.07) is 18.8. The van der Waals surface area contributed by atoms with Crippen molar-refractivity contribution in [3.8, 4) is 0 Å². The molecule has 144 valence electrons. The zero-order valence-electron chi connectivity index (χ0n) is 16.0. The van der Waals surface area contributed by atoms with Gasteiger partial charge in [0.25, 0.3) is 15.9 Å². The first kappa shape index (κ1) is 19.6. The molecule has 0 spiro atoms. The number of rotatable bonds is 5. The van der Waals surface area contributed by atoms with Crippen molar-refractivity contribution < 1.29 is 13.2 Å². The topological polar surface area (TPSA) is 75.3 Å². The SMILES string of the molecule is Cc1ccc(NC(=O)c2cccc(S(=O)(=O)Nc3ccccc3C)c2)c(C)c1. The van der Waals surface area contributed by atoms with Crippen molar-refractivity contribution in [1.82, 2.24) is 0 Å². The quantitative estimate of drug-likeness (QED) is 0.661. The summed E-state index contributed by atoms with van der Waals surface area (Å²) in [4.78, 5) is 12.6. The maximum Gasteiger partial charge on any atom is 0.261 e. The highest BCUT2D eigenvalue weighted by atomic mass is 32.2. The van der Waals surface area contributed by atoms with Gasteiger partial charge in [0.2, 0.25) is 0 Å². The molecule has 0 aliphatic heterocycles. The third kappa shape index (κ3) is 4.40. The summed E-state index contributed by atoms with van der Waals surface area (Å²) in [6.45, 7) is 5.72. The molecule has 1 amide bonds. The Morgan fingerprint density at radius 1 is 0.786 bits per heavy atom. The van der Waals surface area contributed by atoms with Crippen LogP contribution in [0.2, 0.25) is 0 Å². The highest BCUT2D eigenvalue weighted by Gasteiger charge is 2.17. The highest BCUT2D eigenvalue weighted by molar-refractivity contribution is 7.92. The molecule has 0 saturated carbocycles. The Kier molecular flexibility index (Phi) is 5.51. The monoisotopic (exact) mass is 394 g/mol. The average Bonchev–Trinajstić information content (AvgIpc) is 2.66. The van der Waals surface area contributed by atoms with Crippen LogP contribution in [0.3, 0.4) is 0 Å². The fraction of sp³-hybridized carbons (Fsp3) is 0.136. The molecule has 5 nitrogen and oxygen atoms in total. The zero-order chi connectivity index (χ0) is 20.3. The lowest BCUT2D eigenvalue weighted by atomic mass is 10.1. The fourth-order valence-corrected chi connectivity index (χ4v) is 4.02. The highest BCUT2D eigenvalue weighted by Crippen LogP contribution is 2.21. The lowest BCUT2D eigenvalue weighted by Gasteiger charge is -2.12. The van der Waals surface area contributed by atoms with Gasteiger partial charge in [0.05, 0.1) is 10.6 Å². The van der Waals surface area contributed by atoms with Gasteiger partial charge in [-0.15, -0.1) is 0 Å². The van der Waals surface area contributed by atoms with Crippen LogP contribution in [0.25, 0.3) is 0 Å². The number of carbonyl (C=O) groups excluding carboxylic acids is 1. The minimum absolute atomic E-state index is 0.0315. The van der Waals surface area contributed by atoms with Gasteiger partial charge in [-0.2, -0.15) is 0 Å². The van der Waals surface area contributed by atoms with Crippen LogP contribution in [0.5, 0.6) is 0 Å². The number of hydrogen-bond donors (Lipinski definition) is 2. The van der Waals surface area contributed by atoms with Gasteiger partial charge in [-0.05, 0) is 62.2 Å². The summed E-state index contributed by atoms with van der Waals surface area (Å²) in [5, 5.41) is 2.84. The largest absolute Gasteiger partial charge is 0.322 e. The molecule has 0 aromatic heterocycles. The van der Waals surface area contributed by atoms with E-state index in [4.69, 9.17) is 0 Å². The number of sulfonamides is 1. The number of benzene rings is 3. The molecule has 0 unspecified atom stereocenters. The summed E-state index contributed by atoms with van der Waals surface area (Å²) in [7, 11) is -3.81. The van der Waals surface area contributed by atoms with E-state index in [9.17, 15) is 13.2 Å². The zero-order valence-corrected chi connectivity index (χ0v) is 16.8. The van der Waals surface area contributed by atoms with Gasteiger partial charge in [0, 0.05) is 11.3 Å². The average molecular weight is 394 g/mol. The van der Waals surface area contributed by atoms with Gasteiger partial charge in [-0.1, -0.05) is 42.0 Å². The summed E-state index contributed by atoms with van der Waals surface area (Å²) >= 11 is 0. The summed E-state index contributed by atoms with van der Waals surface area (Å²) in [5.41, 5.74) is 4.33. The fourth-order valence-electron chi connectivity index (χ4n) is 2.84. The van der Waals surface area contributed by atoms with Crippen LogP contribution in [-0.4, -0.2) is 14.3 Å². The summed E-state index contributed by atoms with van der Waals surface area (Å²) in [6.07, 6.45) is 0. The Balaban J connectivity index is 1.85. The third-order valence-corrected chi connectivity index (χ3v) is 5.79. The number of carbonyl (C=O) groups is 1. The maximum atomic E-state index is 12.7. The molecule has 28 heavy (non-hydrogen) atoms. The van der Waals surface area contributed by atoms with Crippen LogP contribution in [0.15, 0.2) is 71.6 Å². The number of hydrogen-bond acceptors (Lipinski definition) is 3. The number of para-hydroxylation sites is 1. The Hall–Kier alpha value is -3.12. The van der Waals surface area contributed by atoms with Crippen molar-refractivity contribution in [2.45, 2.75) is 25.7 Å². The third-order valence-electron chi connectivity index (χ3n) is 4.43. The number of nitrogens with one attached hydrogen (secondary N) is 2. The van der Waals surface area contributed by atoms with Gasteiger partial charge < -0.3 is 5.32 Å². The van der Waals surface area contributed by atoms with E-state index in [1.54, 1.807) is 24.3 Å². The lowest BCUT2D eigenvalue weighted by Crippen LogP contribution is -2.16. The van der Waals surface area contributed by atoms with Crippen LogP contribution in [0.4, 0.5) is 11.4 Å². The molecule has 6 heteroatoms. The van der Waals surface area contributed by atoms with E-state index >= 15 is 0 Å². The van der Waals surface area contributed by atoms with E-state index in [0.717, 1.165) is 16.7 Å². The summed E-state index contributed by atoms with van der Waals surface area (Å²) < 4.78 is 28.0. The van der Waals surface area contributed by atoms with Gasteiger partial charge in [0.15, 0.2) is 0 Å².